The predicted octanol–water partition coefficient (Wildman–Crippen LogP) is 1.94. The Hall–Kier alpha value is -1.84. The molecule has 0 atom stereocenters. The largest absolute Gasteiger partial charge is 0.480 e. The summed E-state index contributed by atoms with van der Waals surface area (Å²) in [4.78, 5) is 23.9. The maximum Gasteiger partial charge on any atom is 0.323 e. The highest BCUT2D eigenvalue weighted by Crippen LogP contribution is 2.04. The van der Waals surface area contributed by atoms with E-state index in [0.717, 1.165) is 12.0 Å². The van der Waals surface area contributed by atoms with Gasteiger partial charge in [-0.1, -0.05) is 37.3 Å². The Bertz CT molecular complexity index is 389. The summed E-state index contributed by atoms with van der Waals surface area (Å²) in [6.45, 7) is 2.15. The first-order valence-corrected chi connectivity index (χ1v) is 6.17. The Morgan fingerprint density at radius 2 is 1.89 bits per heavy atom. The highest BCUT2D eigenvalue weighted by atomic mass is 16.4. The SMILES string of the molecule is CCCC(=O)N(CCc1ccccc1)CC(=O)O. The van der Waals surface area contributed by atoms with Gasteiger partial charge in [0.15, 0.2) is 0 Å². The number of hydrogen-bond acceptors (Lipinski definition) is 2. The van der Waals surface area contributed by atoms with Gasteiger partial charge in [0, 0.05) is 13.0 Å². The van der Waals surface area contributed by atoms with E-state index < -0.39 is 5.97 Å². The van der Waals surface area contributed by atoms with Crippen molar-refractivity contribution in [3.8, 4) is 0 Å². The summed E-state index contributed by atoms with van der Waals surface area (Å²) in [7, 11) is 0. The summed E-state index contributed by atoms with van der Waals surface area (Å²) in [6, 6.07) is 9.75. The van der Waals surface area contributed by atoms with Crippen LogP contribution in [0.5, 0.6) is 0 Å². The number of carbonyl (C=O) groups excluding carboxylic acids is 1. The van der Waals surface area contributed by atoms with Gasteiger partial charge in [-0.2, -0.15) is 0 Å². The molecule has 0 radical (unpaired) electrons. The standard InChI is InChI=1S/C14H19NO3/c1-2-6-13(16)15(11-14(17)18)10-9-12-7-4-3-5-8-12/h3-5,7-8H,2,6,9-11H2,1H3,(H,17,18). The van der Waals surface area contributed by atoms with Gasteiger partial charge in [-0.15, -0.1) is 0 Å². The summed E-state index contributed by atoms with van der Waals surface area (Å²) >= 11 is 0. The van der Waals surface area contributed by atoms with Gasteiger partial charge < -0.3 is 10.0 Å². The Morgan fingerprint density at radius 1 is 1.22 bits per heavy atom. The van der Waals surface area contributed by atoms with E-state index in [0.29, 0.717) is 19.4 Å². The molecule has 1 aromatic carbocycles. The normalized spacial score (nSPS) is 10.1. The van der Waals surface area contributed by atoms with Crippen LogP contribution in [0.3, 0.4) is 0 Å². The van der Waals surface area contributed by atoms with Gasteiger partial charge >= 0.3 is 5.97 Å². The summed E-state index contributed by atoms with van der Waals surface area (Å²) in [6.07, 6.45) is 1.83. The monoisotopic (exact) mass is 249 g/mol. The van der Waals surface area contributed by atoms with Gasteiger partial charge in [-0.3, -0.25) is 9.59 Å². The lowest BCUT2D eigenvalue weighted by molar-refractivity contribution is -0.144. The van der Waals surface area contributed by atoms with Crippen LogP contribution in [0.1, 0.15) is 25.3 Å². The molecule has 1 rings (SSSR count). The van der Waals surface area contributed by atoms with Crippen molar-refractivity contribution in [2.45, 2.75) is 26.2 Å². The number of rotatable bonds is 7. The lowest BCUT2D eigenvalue weighted by atomic mass is 10.1. The molecule has 4 nitrogen and oxygen atoms in total. The van der Waals surface area contributed by atoms with Crippen molar-refractivity contribution in [3.63, 3.8) is 0 Å². The van der Waals surface area contributed by atoms with Gasteiger partial charge in [0.2, 0.25) is 5.91 Å². The third-order valence-electron chi connectivity index (χ3n) is 2.66. The van der Waals surface area contributed by atoms with Crippen molar-refractivity contribution >= 4 is 11.9 Å². The van der Waals surface area contributed by atoms with Crippen molar-refractivity contribution in [3.05, 3.63) is 35.9 Å². The van der Waals surface area contributed by atoms with E-state index in [2.05, 4.69) is 0 Å². The summed E-state index contributed by atoms with van der Waals surface area (Å²) in [5.74, 6) is -1.05. The number of carbonyl (C=O) groups is 2. The molecule has 0 bridgehead atoms. The van der Waals surface area contributed by atoms with Crippen LogP contribution >= 0.6 is 0 Å². The maximum atomic E-state index is 11.8. The molecule has 1 amide bonds. The van der Waals surface area contributed by atoms with Gasteiger partial charge in [-0.05, 0) is 18.4 Å². The molecule has 0 saturated heterocycles. The molecule has 0 heterocycles. The average Bonchev–Trinajstić information content (AvgIpc) is 2.35. The molecule has 0 aliphatic carbocycles. The first-order chi connectivity index (χ1) is 8.63. The molecule has 0 unspecified atom stereocenters. The lowest BCUT2D eigenvalue weighted by Crippen LogP contribution is -2.37. The molecular weight excluding hydrogens is 230 g/mol. The average molecular weight is 249 g/mol. The van der Waals surface area contributed by atoms with Crippen molar-refractivity contribution in [1.82, 2.24) is 4.90 Å². The first kappa shape index (κ1) is 14.2. The summed E-state index contributed by atoms with van der Waals surface area (Å²) in [5, 5.41) is 8.80. The second-order valence-corrected chi connectivity index (χ2v) is 4.19. The van der Waals surface area contributed by atoms with E-state index in [-0.39, 0.29) is 12.5 Å². The second-order valence-electron chi connectivity index (χ2n) is 4.19. The van der Waals surface area contributed by atoms with Gasteiger partial charge in [0.05, 0.1) is 0 Å². The minimum atomic E-state index is -0.965. The van der Waals surface area contributed by atoms with Crippen LogP contribution in [-0.4, -0.2) is 35.0 Å². The maximum absolute atomic E-state index is 11.8. The Morgan fingerprint density at radius 3 is 2.44 bits per heavy atom. The fraction of sp³-hybridized carbons (Fsp3) is 0.429. The minimum absolute atomic E-state index is 0.0872. The number of nitrogens with zero attached hydrogens (tertiary/aromatic N) is 1. The van der Waals surface area contributed by atoms with Crippen molar-refractivity contribution in [1.29, 1.82) is 0 Å². The van der Waals surface area contributed by atoms with Crippen LogP contribution < -0.4 is 0 Å². The van der Waals surface area contributed by atoms with Gasteiger partial charge in [0.1, 0.15) is 6.54 Å². The first-order valence-electron chi connectivity index (χ1n) is 6.17. The fourth-order valence-electron chi connectivity index (χ4n) is 1.74. The van der Waals surface area contributed by atoms with Crippen LogP contribution in [0.25, 0.3) is 0 Å². The lowest BCUT2D eigenvalue weighted by Gasteiger charge is -2.20. The molecule has 0 aliphatic heterocycles. The van der Waals surface area contributed by atoms with Crippen LogP contribution in [0, 0.1) is 0 Å². The zero-order valence-corrected chi connectivity index (χ0v) is 10.6. The third-order valence-corrected chi connectivity index (χ3v) is 2.66. The number of amides is 1. The molecule has 98 valence electrons. The molecular formula is C14H19NO3. The third kappa shape index (κ3) is 4.99. The molecule has 0 aromatic heterocycles. The molecule has 0 spiro atoms. The fourth-order valence-corrected chi connectivity index (χ4v) is 1.74. The number of carboxylic acid groups (broad SMARTS) is 1. The molecule has 1 aromatic rings. The topological polar surface area (TPSA) is 57.6 Å². The Kier molecular flexibility index (Phi) is 5.91. The Balaban J connectivity index is 2.55. The number of carboxylic acids is 1. The molecule has 1 N–H and O–H groups in total. The highest BCUT2D eigenvalue weighted by molar-refractivity contribution is 5.81. The van der Waals surface area contributed by atoms with Crippen LogP contribution in [0.2, 0.25) is 0 Å². The number of benzene rings is 1. The number of aliphatic carboxylic acids is 1. The molecule has 0 aliphatic rings. The van der Waals surface area contributed by atoms with Crippen molar-refractivity contribution in [2.24, 2.45) is 0 Å². The Labute approximate surface area is 107 Å². The van der Waals surface area contributed by atoms with Crippen molar-refractivity contribution in [2.75, 3.05) is 13.1 Å². The second kappa shape index (κ2) is 7.48. The van der Waals surface area contributed by atoms with Gasteiger partial charge in [-0.25, -0.2) is 0 Å². The quantitative estimate of drug-likeness (QED) is 0.803. The zero-order valence-electron chi connectivity index (χ0n) is 10.6. The molecule has 0 saturated carbocycles. The molecule has 0 fully saturated rings. The van der Waals surface area contributed by atoms with Crippen LogP contribution in [-0.2, 0) is 16.0 Å². The minimum Gasteiger partial charge on any atom is -0.480 e. The summed E-state index contributed by atoms with van der Waals surface area (Å²) < 4.78 is 0. The van der Waals surface area contributed by atoms with E-state index in [9.17, 15) is 9.59 Å². The highest BCUT2D eigenvalue weighted by Gasteiger charge is 2.15. The smallest absolute Gasteiger partial charge is 0.323 e. The molecule has 18 heavy (non-hydrogen) atoms. The zero-order chi connectivity index (χ0) is 13.4. The van der Waals surface area contributed by atoms with E-state index in [1.807, 2.05) is 37.3 Å². The van der Waals surface area contributed by atoms with E-state index in [1.54, 1.807) is 0 Å². The van der Waals surface area contributed by atoms with E-state index in [1.165, 1.54) is 4.90 Å². The predicted molar refractivity (Wildman–Crippen MR) is 69.3 cm³/mol. The van der Waals surface area contributed by atoms with E-state index >= 15 is 0 Å². The van der Waals surface area contributed by atoms with E-state index in [4.69, 9.17) is 5.11 Å². The van der Waals surface area contributed by atoms with Crippen LogP contribution in [0.4, 0.5) is 0 Å². The number of hydrogen-bond donors (Lipinski definition) is 1. The van der Waals surface area contributed by atoms with Crippen molar-refractivity contribution < 1.29 is 14.7 Å². The summed E-state index contributed by atoms with van der Waals surface area (Å²) in [5.41, 5.74) is 1.11. The molecule has 4 heteroatoms. The van der Waals surface area contributed by atoms with Gasteiger partial charge in [0.25, 0.3) is 0 Å². The van der Waals surface area contributed by atoms with Crippen LogP contribution in [0.15, 0.2) is 30.3 Å².